The predicted octanol–water partition coefficient (Wildman–Crippen LogP) is 3.05. The summed E-state index contributed by atoms with van der Waals surface area (Å²) in [5, 5.41) is 3.96. The van der Waals surface area contributed by atoms with E-state index in [-0.39, 0.29) is 5.41 Å². The van der Waals surface area contributed by atoms with Crippen molar-refractivity contribution < 1.29 is 4.74 Å². The summed E-state index contributed by atoms with van der Waals surface area (Å²) < 4.78 is 5.72. The van der Waals surface area contributed by atoms with Crippen LogP contribution in [-0.2, 0) is 4.74 Å². The summed E-state index contributed by atoms with van der Waals surface area (Å²) in [5.41, 5.74) is 1.01. The lowest BCUT2D eigenvalue weighted by atomic mass is 9.64. The van der Waals surface area contributed by atoms with Gasteiger partial charge in [0.05, 0.1) is 6.10 Å². The van der Waals surface area contributed by atoms with Crippen molar-refractivity contribution in [1.82, 2.24) is 9.97 Å². The van der Waals surface area contributed by atoms with Gasteiger partial charge in [-0.2, -0.15) is 0 Å². The summed E-state index contributed by atoms with van der Waals surface area (Å²) in [4.78, 5) is 8.21. The molecule has 5 heteroatoms. The lowest BCUT2D eigenvalue weighted by molar-refractivity contribution is -0.0976. The highest BCUT2D eigenvalue weighted by atomic mass is 35.5. The van der Waals surface area contributed by atoms with E-state index in [1.807, 2.05) is 13.8 Å². The number of aromatic nitrogens is 2. The lowest BCUT2D eigenvalue weighted by Crippen LogP contribution is -2.58. The molecule has 1 heterocycles. The van der Waals surface area contributed by atoms with Crippen molar-refractivity contribution in [3.63, 3.8) is 0 Å². The van der Waals surface area contributed by atoms with Crippen LogP contribution in [0.15, 0.2) is 6.33 Å². The first-order chi connectivity index (χ1) is 8.46. The number of rotatable bonds is 4. The fourth-order valence-electron chi connectivity index (χ4n) is 2.35. The Bertz CT molecular complexity index is 436. The van der Waals surface area contributed by atoms with Crippen LogP contribution in [0.4, 0.5) is 5.82 Å². The van der Waals surface area contributed by atoms with E-state index in [0.29, 0.717) is 17.3 Å². The first-order valence-electron chi connectivity index (χ1n) is 6.32. The average Bonchev–Trinajstić information content (AvgIpc) is 2.33. The summed E-state index contributed by atoms with van der Waals surface area (Å²) in [6, 6.07) is 0.360. The second-order valence-corrected chi connectivity index (χ2v) is 5.69. The molecule has 2 atom stereocenters. The SMILES string of the molecule is CCOC1CC(Nc2ncnc(Cl)c2C)C1(C)C. The maximum Gasteiger partial charge on any atom is 0.137 e. The van der Waals surface area contributed by atoms with Gasteiger partial charge >= 0.3 is 0 Å². The lowest BCUT2D eigenvalue weighted by Gasteiger charge is -2.51. The molecule has 0 spiro atoms. The van der Waals surface area contributed by atoms with Gasteiger partial charge in [-0.15, -0.1) is 0 Å². The largest absolute Gasteiger partial charge is 0.378 e. The van der Waals surface area contributed by atoms with Crippen LogP contribution in [0.3, 0.4) is 0 Å². The van der Waals surface area contributed by atoms with Crippen LogP contribution in [0.2, 0.25) is 5.15 Å². The normalized spacial score (nSPS) is 25.6. The number of halogens is 1. The minimum absolute atomic E-state index is 0.111. The fourth-order valence-corrected chi connectivity index (χ4v) is 2.49. The molecule has 0 aliphatic heterocycles. The minimum Gasteiger partial charge on any atom is -0.378 e. The molecule has 1 fully saturated rings. The predicted molar refractivity (Wildman–Crippen MR) is 73.0 cm³/mol. The molecular formula is C13H20ClN3O. The quantitative estimate of drug-likeness (QED) is 0.854. The molecule has 0 saturated heterocycles. The van der Waals surface area contributed by atoms with Crippen molar-refractivity contribution >= 4 is 17.4 Å². The van der Waals surface area contributed by atoms with Crippen molar-refractivity contribution in [2.45, 2.75) is 46.3 Å². The van der Waals surface area contributed by atoms with E-state index in [1.54, 1.807) is 0 Å². The van der Waals surface area contributed by atoms with E-state index in [0.717, 1.165) is 24.4 Å². The van der Waals surface area contributed by atoms with E-state index in [4.69, 9.17) is 16.3 Å². The summed E-state index contributed by atoms with van der Waals surface area (Å²) in [6.07, 6.45) is 2.81. The molecule has 0 amide bonds. The molecule has 1 aromatic rings. The average molecular weight is 270 g/mol. The van der Waals surface area contributed by atoms with E-state index in [2.05, 4.69) is 29.1 Å². The highest BCUT2D eigenvalue weighted by molar-refractivity contribution is 6.30. The second-order valence-electron chi connectivity index (χ2n) is 5.34. The third kappa shape index (κ3) is 2.31. The number of ether oxygens (including phenoxy) is 1. The van der Waals surface area contributed by atoms with Gasteiger partial charge in [0, 0.05) is 23.6 Å². The van der Waals surface area contributed by atoms with E-state index in [1.165, 1.54) is 6.33 Å². The Kier molecular flexibility index (Phi) is 3.78. The van der Waals surface area contributed by atoms with Crippen LogP contribution in [0, 0.1) is 12.3 Å². The molecule has 1 aliphatic carbocycles. The van der Waals surface area contributed by atoms with Gasteiger partial charge in [-0.1, -0.05) is 25.4 Å². The Hall–Kier alpha value is -0.870. The van der Waals surface area contributed by atoms with Crippen LogP contribution in [0.1, 0.15) is 32.8 Å². The van der Waals surface area contributed by atoms with Crippen LogP contribution in [0.5, 0.6) is 0 Å². The van der Waals surface area contributed by atoms with Gasteiger partial charge in [-0.3, -0.25) is 0 Å². The van der Waals surface area contributed by atoms with Crippen molar-refractivity contribution in [2.75, 3.05) is 11.9 Å². The summed E-state index contributed by atoms with van der Waals surface area (Å²) in [6.45, 7) is 9.15. The Labute approximate surface area is 113 Å². The van der Waals surface area contributed by atoms with Gasteiger partial charge in [-0.25, -0.2) is 9.97 Å². The van der Waals surface area contributed by atoms with Crippen molar-refractivity contribution in [3.8, 4) is 0 Å². The molecule has 2 unspecified atom stereocenters. The Balaban J connectivity index is 2.06. The van der Waals surface area contributed by atoms with E-state index in [9.17, 15) is 0 Å². The maximum absolute atomic E-state index is 5.99. The standard InChI is InChI=1S/C13H20ClN3O/c1-5-18-10-6-9(13(10,3)4)17-12-8(2)11(14)15-7-16-12/h7,9-10H,5-6H2,1-4H3,(H,15,16,17). The molecule has 4 nitrogen and oxygen atoms in total. The van der Waals surface area contributed by atoms with Crippen LogP contribution < -0.4 is 5.32 Å². The van der Waals surface area contributed by atoms with Crippen LogP contribution in [-0.4, -0.2) is 28.7 Å². The van der Waals surface area contributed by atoms with Gasteiger partial charge in [0.2, 0.25) is 0 Å². The van der Waals surface area contributed by atoms with Gasteiger partial charge < -0.3 is 10.1 Å². The van der Waals surface area contributed by atoms with Crippen molar-refractivity contribution in [3.05, 3.63) is 17.0 Å². The third-order valence-corrected chi connectivity index (χ3v) is 4.26. The Morgan fingerprint density at radius 2 is 2.22 bits per heavy atom. The molecule has 1 aromatic heterocycles. The maximum atomic E-state index is 5.99. The van der Waals surface area contributed by atoms with Gasteiger partial charge in [-0.05, 0) is 20.3 Å². The fraction of sp³-hybridized carbons (Fsp3) is 0.692. The number of hydrogen-bond acceptors (Lipinski definition) is 4. The first-order valence-corrected chi connectivity index (χ1v) is 6.69. The monoisotopic (exact) mass is 269 g/mol. The number of hydrogen-bond donors (Lipinski definition) is 1. The third-order valence-electron chi connectivity index (χ3n) is 3.88. The summed E-state index contributed by atoms with van der Waals surface area (Å²) in [5.74, 6) is 0.822. The number of nitrogens with one attached hydrogen (secondary N) is 1. The number of nitrogens with zero attached hydrogens (tertiary/aromatic N) is 2. The molecule has 1 aliphatic rings. The molecule has 0 aromatic carbocycles. The summed E-state index contributed by atoms with van der Waals surface area (Å²) in [7, 11) is 0. The topological polar surface area (TPSA) is 47.0 Å². The van der Waals surface area contributed by atoms with E-state index >= 15 is 0 Å². The molecule has 1 saturated carbocycles. The molecule has 2 rings (SSSR count). The molecule has 0 bridgehead atoms. The minimum atomic E-state index is 0.111. The highest BCUT2D eigenvalue weighted by Crippen LogP contribution is 2.44. The summed E-state index contributed by atoms with van der Waals surface area (Å²) >= 11 is 5.99. The van der Waals surface area contributed by atoms with E-state index < -0.39 is 0 Å². The Morgan fingerprint density at radius 3 is 2.83 bits per heavy atom. The molecule has 100 valence electrons. The number of anilines is 1. The zero-order valence-corrected chi connectivity index (χ0v) is 12.1. The Morgan fingerprint density at radius 1 is 1.50 bits per heavy atom. The van der Waals surface area contributed by atoms with Crippen LogP contribution >= 0.6 is 11.6 Å². The van der Waals surface area contributed by atoms with Gasteiger partial charge in [0.1, 0.15) is 17.3 Å². The van der Waals surface area contributed by atoms with Crippen molar-refractivity contribution in [2.24, 2.45) is 5.41 Å². The first kappa shape index (κ1) is 13.6. The molecular weight excluding hydrogens is 250 g/mol. The zero-order chi connectivity index (χ0) is 13.3. The van der Waals surface area contributed by atoms with Crippen molar-refractivity contribution in [1.29, 1.82) is 0 Å². The molecule has 18 heavy (non-hydrogen) atoms. The highest BCUT2D eigenvalue weighted by Gasteiger charge is 2.49. The zero-order valence-electron chi connectivity index (χ0n) is 11.3. The van der Waals surface area contributed by atoms with Crippen LogP contribution in [0.25, 0.3) is 0 Å². The molecule has 1 N–H and O–H groups in total. The second kappa shape index (κ2) is 5.02. The van der Waals surface area contributed by atoms with Gasteiger partial charge in [0.15, 0.2) is 0 Å². The smallest absolute Gasteiger partial charge is 0.137 e. The van der Waals surface area contributed by atoms with Gasteiger partial charge in [0.25, 0.3) is 0 Å². The molecule has 0 radical (unpaired) electrons.